The van der Waals surface area contributed by atoms with E-state index in [1.165, 1.54) is 7.11 Å². The molecule has 3 rings (SSSR count). The number of hydrogen-bond acceptors (Lipinski definition) is 8. The number of phenols is 1. The number of aromatic hydroxyl groups is 1. The van der Waals surface area contributed by atoms with Crippen molar-refractivity contribution in [1.29, 1.82) is 0 Å². The third-order valence-electron chi connectivity index (χ3n) is 4.33. The highest BCUT2D eigenvalue weighted by Crippen LogP contribution is 2.30. The predicted molar refractivity (Wildman–Crippen MR) is 108 cm³/mol. The van der Waals surface area contributed by atoms with Crippen molar-refractivity contribution in [2.24, 2.45) is 7.05 Å². The molecule has 2 aromatic heterocycles. The molecule has 0 atom stereocenters. The Labute approximate surface area is 163 Å². The van der Waals surface area contributed by atoms with E-state index in [9.17, 15) is 10.2 Å². The fraction of sp³-hybridized carbons (Fsp3) is 0.421. The molecule has 3 aromatic rings. The predicted octanol–water partition coefficient (Wildman–Crippen LogP) is 2.26. The molecule has 0 radical (unpaired) electrons. The van der Waals surface area contributed by atoms with Gasteiger partial charge in [0, 0.05) is 25.7 Å². The van der Waals surface area contributed by atoms with Gasteiger partial charge in [0.15, 0.2) is 28.5 Å². The van der Waals surface area contributed by atoms with E-state index in [0.717, 1.165) is 0 Å². The lowest BCUT2D eigenvalue weighted by Crippen LogP contribution is -2.23. The Bertz CT molecular complexity index is 964. The highest BCUT2D eigenvalue weighted by Gasteiger charge is 2.15. The third-order valence-corrected chi connectivity index (χ3v) is 4.33. The van der Waals surface area contributed by atoms with E-state index in [0.29, 0.717) is 53.8 Å². The van der Waals surface area contributed by atoms with Crippen LogP contribution in [0.3, 0.4) is 0 Å². The fourth-order valence-electron chi connectivity index (χ4n) is 2.74. The van der Waals surface area contributed by atoms with Crippen molar-refractivity contribution in [1.82, 2.24) is 19.5 Å². The van der Waals surface area contributed by atoms with Crippen LogP contribution in [0.1, 0.15) is 25.8 Å². The van der Waals surface area contributed by atoms with E-state index < -0.39 is 5.60 Å². The van der Waals surface area contributed by atoms with Crippen LogP contribution in [0.5, 0.6) is 11.5 Å². The quantitative estimate of drug-likeness (QED) is 0.466. The first kappa shape index (κ1) is 19.7. The minimum absolute atomic E-state index is 0.0901. The molecule has 9 heteroatoms. The topological polar surface area (TPSA) is 117 Å². The Morgan fingerprint density at radius 2 is 2.00 bits per heavy atom. The molecule has 0 fully saturated rings. The number of methoxy groups -OCH3 is 1. The molecule has 0 saturated heterocycles. The summed E-state index contributed by atoms with van der Waals surface area (Å²) in [5.41, 5.74) is 1.23. The van der Waals surface area contributed by atoms with E-state index >= 15 is 0 Å². The van der Waals surface area contributed by atoms with Crippen molar-refractivity contribution in [3.8, 4) is 11.5 Å². The molecule has 0 saturated carbocycles. The number of aromatic nitrogens is 4. The number of nitrogens with zero attached hydrogens (tertiary/aromatic N) is 4. The number of rotatable bonds is 8. The summed E-state index contributed by atoms with van der Waals surface area (Å²) in [5, 5.41) is 26.5. The molecule has 0 aliphatic carbocycles. The van der Waals surface area contributed by atoms with Gasteiger partial charge in [-0.05, 0) is 26.3 Å². The molecule has 2 heterocycles. The van der Waals surface area contributed by atoms with Gasteiger partial charge < -0.3 is 30.2 Å². The van der Waals surface area contributed by atoms with Gasteiger partial charge in [-0.15, -0.1) is 0 Å². The van der Waals surface area contributed by atoms with Crippen LogP contribution in [0.15, 0.2) is 24.5 Å². The Morgan fingerprint density at radius 3 is 2.71 bits per heavy atom. The van der Waals surface area contributed by atoms with Gasteiger partial charge in [0.05, 0.1) is 19.0 Å². The number of imidazole rings is 1. The van der Waals surface area contributed by atoms with E-state index in [-0.39, 0.29) is 5.75 Å². The van der Waals surface area contributed by atoms with Crippen molar-refractivity contribution < 1.29 is 14.9 Å². The van der Waals surface area contributed by atoms with E-state index in [1.54, 1.807) is 26.2 Å². The van der Waals surface area contributed by atoms with Gasteiger partial charge in [0.2, 0.25) is 5.95 Å². The number of nitrogens with one attached hydrogen (secondary N) is 2. The van der Waals surface area contributed by atoms with Crippen LogP contribution in [-0.4, -0.2) is 49.0 Å². The van der Waals surface area contributed by atoms with Crippen LogP contribution in [0.2, 0.25) is 0 Å². The van der Waals surface area contributed by atoms with Gasteiger partial charge in [-0.2, -0.15) is 9.97 Å². The van der Waals surface area contributed by atoms with Gasteiger partial charge >= 0.3 is 0 Å². The molecule has 1 aromatic carbocycles. The standard InChI is InChI=1S/C19H26N6O3/c1-19(2,27)8-9-20-18-23-16(14-17(24-18)25(3)11-22-14)21-10-12-6-5-7-13(28-4)15(12)26/h5-7,11,26-27H,8-10H2,1-4H3,(H2,20,21,23,24). The first-order chi connectivity index (χ1) is 13.3. The second-order valence-electron chi connectivity index (χ2n) is 7.23. The van der Waals surface area contributed by atoms with E-state index in [2.05, 4.69) is 25.6 Å². The number of aryl methyl sites for hydroxylation is 1. The van der Waals surface area contributed by atoms with Crippen molar-refractivity contribution in [2.75, 3.05) is 24.3 Å². The molecule has 0 aliphatic heterocycles. The molecule has 0 amide bonds. The lowest BCUT2D eigenvalue weighted by Gasteiger charge is -2.17. The summed E-state index contributed by atoms with van der Waals surface area (Å²) in [6.45, 7) is 4.39. The van der Waals surface area contributed by atoms with Crippen molar-refractivity contribution in [3.63, 3.8) is 0 Å². The number of para-hydroxylation sites is 1. The summed E-state index contributed by atoms with van der Waals surface area (Å²) >= 11 is 0. The first-order valence-corrected chi connectivity index (χ1v) is 9.02. The van der Waals surface area contributed by atoms with E-state index in [4.69, 9.17) is 4.74 Å². The Kier molecular flexibility index (Phi) is 5.55. The van der Waals surface area contributed by atoms with Gasteiger partial charge in [0.25, 0.3) is 0 Å². The van der Waals surface area contributed by atoms with Crippen LogP contribution >= 0.6 is 0 Å². The summed E-state index contributed by atoms with van der Waals surface area (Å²) in [6, 6.07) is 5.32. The van der Waals surface area contributed by atoms with Gasteiger partial charge in [-0.1, -0.05) is 12.1 Å². The fourth-order valence-corrected chi connectivity index (χ4v) is 2.74. The van der Waals surface area contributed by atoms with Crippen LogP contribution in [0, 0.1) is 0 Å². The van der Waals surface area contributed by atoms with Gasteiger partial charge in [0.1, 0.15) is 0 Å². The molecule has 4 N–H and O–H groups in total. The zero-order valence-corrected chi connectivity index (χ0v) is 16.5. The molecule has 9 nitrogen and oxygen atoms in total. The molecule has 28 heavy (non-hydrogen) atoms. The second kappa shape index (κ2) is 7.89. The first-order valence-electron chi connectivity index (χ1n) is 9.02. The largest absolute Gasteiger partial charge is 0.504 e. The summed E-state index contributed by atoms with van der Waals surface area (Å²) in [7, 11) is 3.38. The van der Waals surface area contributed by atoms with Crippen molar-refractivity contribution >= 4 is 22.9 Å². The number of fused-ring (bicyclic) bond motifs is 1. The van der Waals surface area contributed by atoms with Gasteiger partial charge in [-0.3, -0.25) is 0 Å². The highest BCUT2D eigenvalue weighted by atomic mass is 16.5. The Morgan fingerprint density at radius 1 is 1.21 bits per heavy atom. The zero-order chi connectivity index (χ0) is 20.3. The molecule has 0 aliphatic rings. The Balaban J connectivity index is 1.83. The molecular formula is C19H26N6O3. The van der Waals surface area contributed by atoms with Crippen molar-refractivity contribution in [2.45, 2.75) is 32.4 Å². The average Bonchev–Trinajstić information content (AvgIpc) is 3.01. The molecular weight excluding hydrogens is 360 g/mol. The maximum atomic E-state index is 10.3. The third kappa shape index (κ3) is 4.42. The summed E-state index contributed by atoms with van der Waals surface area (Å²) in [4.78, 5) is 13.4. The second-order valence-corrected chi connectivity index (χ2v) is 7.23. The average molecular weight is 386 g/mol. The summed E-state index contributed by atoms with van der Waals surface area (Å²) < 4.78 is 6.96. The lowest BCUT2D eigenvalue weighted by atomic mass is 10.1. The number of anilines is 2. The maximum Gasteiger partial charge on any atom is 0.226 e. The van der Waals surface area contributed by atoms with Gasteiger partial charge in [-0.25, -0.2) is 4.98 Å². The maximum absolute atomic E-state index is 10.3. The number of ether oxygens (including phenoxy) is 1. The summed E-state index contributed by atoms with van der Waals surface area (Å²) in [5.74, 6) is 1.50. The molecule has 0 bridgehead atoms. The monoisotopic (exact) mass is 386 g/mol. The van der Waals surface area contributed by atoms with Crippen molar-refractivity contribution in [3.05, 3.63) is 30.1 Å². The number of hydrogen-bond donors (Lipinski definition) is 4. The van der Waals surface area contributed by atoms with Crippen LogP contribution < -0.4 is 15.4 Å². The number of benzene rings is 1. The smallest absolute Gasteiger partial charge is 0.226 e. The minimum Gasteiger partial charge on any atom is -0.504 e. The Hall–Kier alpha value is -3.07. The minimum atomic E-state index is -0.769. The lowest BCUT2D eigenvalue weighted by molar-refractivity contribution is 0.0748. The molecule has 0 spiro atoms. The SMILES string of the molecule is COc1cccc(CNc2nc(NCCC(C)(C)O)nc3c2ncn3C)c1O. The normalized spacial score (nSPS) is 11.6. The molecule has 0 unspecified atom stereocenters. The number of aliphatic hydroxyl groups is 1. The van der Waals surface area contributed by atoms with Crippen LogP contribution in [-0.2, 0) is 13.6 Å². The zero-order valence-electron chi connectivity index (χ0n) is 16.5. The van der Waals surface area contributed by atoms with Crippen LogP contribution in [0.4, 0.5) is 11.8 Å². The highest BCUT2D eigenvalue weighted by molar-refractivity contribution is 5.84. The van der Waals surface area contributed by atoms with E-state index in [1.807, 2.05) is 23.7 Å². The molecule has 150 valence electrons. The number of phenolic OH excluding ortho intramolecular Hbond substituents is 1. The van der Waals surface area contributed by atoms with Crippen LogP contribution in [0.25, 0.3) is 11.2 Å². The summed E-state index contributed by atoms with van der Waals surface area (Å²) in [6.07, 6.45) is 2.23.